The van der Waals surface area contributed by atoms with Crippen LogP contribution in [0, 0.1) is 0 Å². The molecule has 3 aromatic rings. The number of fused-ring (bicyclic) bond motifs is 1. The van der Waals surface area contributed by atoms with Crippen molar-refractivity contribution in [1.82, 2.24) is 0 Å². The fourth-order valence-corrected chi connectivity index (χ4v) is 2.86. The van der Waals surface area contributed by atoms with Crippen molar-refractivity contribution in [3.05, 3.63) is 58.8 Å². The maximum Gasteiger partial charge on any atom is 0.343 e. The van der Waals surface area contributed by atoms with Gasteiger partial charge in [0, 0.05) is 0 Å². The summed E-state index contributed by atoms with van der Waals surface area (Å²) in [6.07, 6.45) is 3.20. The van der Waals surface area contributed by atoms with Crippen LogP contribution in [-0.2, 0) is 6.42 Å². The molecule has 0 bridgehead atoms. The second-order valence-electron chi connectivity index (χ2n) is 5.38. The molecule has 4 nitrogen and oxygen atoms in total. The van der Waals surface area contributed by atoms with E-state index in [1.165, 1.54) is 6.26 Å². The van der Waals surface area contributed by atoms with Gasteiger partial charge in [-0.1, -0.05) is 24.9 Å². The number of hydrogen-bond donors (Lipinski definition) is 0. The van der Waals surface area contributed by atoms with E-state index in [-0.39, 0.29) is 0 Å². The van der Waals surface area contributed by atoms with Crippen molar-refractivity contribution in [1.29, 1.82) is 0 Å². The number of carbonyl (C=O) groups excluding carboxylic acids is 1. The van der Waals surface area contributed by atoms with Gasteiger partial charge in [-0.3, -0.25) is 0 Å². The number of halogens is 1. The SMILES string of the molecule is CCCc1cc(Cl)c2occc2c1OC(=O)c1ccc(OC)cc1. The Balaban J connectivity index is 1.98. The molecule has 0 saturated carbocycles. The number of benzene rings is 2. The summed E-state index contributed by atoms with van der Waals surface area (Å²) in [5.41, 5.74) is 1.86. The number of ether oxygens (including phenoxy) is 2. The molecule has 0 atom stereocenters. The second kappa shape index (κ2) is 6.97. The third kappa shape index (κ3) is 3.10. The average molecular weight is 345 g/mol. The van der Waals surface area contributed by atoms with E-state index < -0.39 is 5.97 Å². The van der Waals surface area contributed by atoms with Crippen LogP contribution in [0.2, 0.25) is 5.02 Å². The van der Waals surface area contributed by atoms with E-state index in [0.717, 1.165) is 18.4 Å². The van der Waals surface area contributed by atoms with Crippen LogP contribution in [0.5, 0.6) is 11.5 Å². The lowest BCUT2D eigenvalue weighted by atomic mass is 10.1. The lowest BCUT2D eigenvalue weighted by molar-refractivity contribution is 0.0735. The summed E-state index contributed by atoms with van der Waals surface area (Å²) in [7, 11) is 1.58. The zero-order valence-electron chi connectivity index (χ0n) is 13.5. The Morgan fingerprint density at radius 3 is 2.62 bits per heavy atom. The van der Waals surface area contributed by atoms with Gasteiger partial charge in [0.1, 0.15) is 11.5 Å². The molecule has 5 heteroatoms. The summed E-state index contributed by atoms with van der Waals surface area (Å²) < 4.78 is 16.2. The summed E-state index contributed by atoms with van der Waals surface area (Å²) in [5.74, 6) is 0.757. The minimum absolute atomic E-state index is 0.431. The Kier molecular flexibility index (Phi) is 4.76. The number of aryl methyl sites for hydroxylation is 1. The van der Waals surface area contributed by atoms with Gasteiger partial charge in [0.25, 0.3) is 0 Å². The fourth-order valence-electron chi connectivity index (χ4n) is 2.58. The van der Waals surface area contributed by atoms with Gasteiger partial charge in [0.2, 0.25) is 0 Å². The van der Waals surface area contributed by atoms with E-state index in [9.17, 15) is 4.79 Å². The maximum atomic E-state index is 12.5. The average Bonchev–Trinajstić information content (AvgIpc) is 3.09. The number of rotatable bonds is 5. The molecular formula is C19H17ClO4. The van der Waals surface area contributed by atoms with E-state index in [1.807, 2.05) is 0 Å². The second-order valence-corrected chi connectivity index (χ2v) is 5.79. The zero-order chi connectivity index (χ0) is 17.1. The van der Waals surface area contributed by atoms with Crippen LogP contribution in [0.25, 0.3) is 11.0 Å². The van der Waals surface area contributed by atoms with E-state index >= 15 is 0 Å². The molecule has 1 aromatic heterocycles. The van der Waals surface area contributed by atoms with Crippen molar-refractivity contribution in [3.63, 3.8) is 0 Å². The molecule has 2 aromatic carbocycles. The first-order valence-electron chi connectivity index (χ1n) is 7.68. The Bertz CT molecular complexity index is 865. The van der Waals surface area contributed by atoms with Crippen LogP contribution in [0.15, 0.2) is 47.1 Å². The van der Waals surface area contributed by atoms with Gasteiger partial charge in [-0.2, -0.15) is 0 Å². The zero-order valence-corrected chi connectivity index (χ0v) is 14.2. The Labute approximate surface area is 144 Å². The van der Waals surface area contributed by atoms with Gasteiger partial charge in [0.05, 0.1) is 29.3 Å². The monoisotopic (exact) mass is 344 g/mol. The molecule has 1 heterocycles. The molecule has 0 radical (unpaired) electrons. The van der Waals surface area contributed by atoms with E-state index in [0.29, 0.717) is 33.1 Å². The highest BCUT2D eigenvalue weighted by molar-refractivity contribution is 6.35. The van der Waals surface area contributed by atoms with Crippen molar-refractivity contribution >= 4 is 28.5 Å². The van der Waals surface area contributed by atoms with Crippen molar-refractivity contribution in [3.8, 4) is 11.5 Å². The lowest BCUT2D eigenvalue weighted by Crippen LogP contribution is -2.10. The number of carbonyl (C=O) groups is 1. The third-order valence-corrected chi connectivity index (χ3v) is 4.04. The van der Waals surface area contributed by atoms with Crippen LogP contribution in [-0.4, -0.2) is 13.1 Å². The van der Waals surface area contributed by atoms with Crippen LogP contribution >= 0.6 is 11.6 Å². The highest BCUT2D eigenvalue weighted by atomic mass is 35.5. The standard InChI is InChI=1S/C19H17ClO4/c1-3-4-13-11-16(20)18-15(9-10-23-18)17(13)24-19(21)12-5-7-14(22-2)8-6-12/h5-11H,3-4H2,1-2H3. The summed E-state index contributed by atoms with van der Waals surface area (Å²) in [6.45, 7) is 2.06. The smallest absolute Gasteiger partial charge is 0.343 e. The molecule has 0 amide bonds. The summed E-state index contributed by atoms with van der Waals surface area (Å²) in [5, 5.41) is 1.22. The van der Waals surface area contributed by atoms with Gasteiger partial charge in [0.15, 0.2) is 5.58 Å². The first-order valence-corrected chi connectivity index (χ1v) is 8.06. The third-order valence-electron chi connectivity index (χ3n) is 3.76. The molecule has 0 aliphatic rings. The molecule has 0 spiro atoms. The summed E-state index contributed by atoms with van der Waals surface area (Å²) in [6, 6.07) is 10.3. The van der Waals surface area contributed by atoms with Gasteiger partial charge >= 0.3 is 5.97 Å². The van der Waals surface area contributed by atoms with E-state index in [2.05, 4.69) is 6.92 Å². The molecule has 124 valence electrons. The van der Waals surface area contributed by atoms with E-state index in [1.54, 1.807) is 43.5 Å². The number of furan rings is 1. The van der Waals surface area contributed by atoms with Crippen LogP contribution < -0.4 is 9.47 Å². The Morgan fingerprint density at radius 1 is 1.21 bits per heavy atom. The van der Waals surface area contributed by atoms with Crippen molar-refractivity contribution in [2.24, 2.45) is 0 Å². The van der Waals surface area contributed by atoms with Crippen molar-refractivity contribution < 1.29 is 18.7 Å². The number of hydrogen-bond acceptors (Lipinski definition) is 4. The molecular weight excluding hydrogens is 328 g/mol. The molecule has 0 unspecified atom stereocenters. The molecule has 24 heavy (non-hydrogen) atoms. The summed E-state index contributed by atoms with van der Waals surface area (Å²) in [4.78, 5) is 12.5. The molecule has 0 N–H and O–H groups in total. The molecule has 3 rings (SSSR count). The quantitative estimate of drug-likeness (QED) is 0.467. The highest BCUT2D eigenvalue weighted by Gasteiger charge is 2.18. The molecule has 0 saturated heterocycles. The predicted molar refractivity (Wildman–Crippen MR) is 93.2 cm³/mol. The maximum absolute atomic E-state index is 12.5. The lowest BCUT2D eigenvalue weighted by Gasteiger charge is -2.12. The summed E-state index contributed by atoms with van der Waals surface area (Å²) >= 11 is 6.25. The fraction of sp³-hybridized carbons (Fsp3) is 0.211. The topological polar surface area (TPSA) is 48.7 Å². The number of esters is 1. The van der Waals surface area contributed by atoms with Crippen molar-refractivity contribution in [2.75, 3.05) is 7.11 Å². The minimum atomic E-state index is -0.431. The molecule has 0 aliphatic heterocycles. The van der Waals surface area contributed by atoms with Gasteiger partial charge < -0.3 is 13.9 Å². The Hall–Kier alpha value is -2.46. The van der Waals surface area contributed by atoms with Crippen LogP contribution in [0.3, 0.4) is 0 Å². The van der Waals surface area contributed by atoms with Gasteiger partial charge in [-0.15, -0.1) is 0 Å². The van der Waals surface area contributed by atoms with E-state index in [4.69, 9.17) is 25.5 Å². The minimum Gasteiger partial charge on any atom is -0.497 e. The van der Waals surface area contributed by atoms with Crippen LogP contribution in [0.1, 0.15) is 29.3 Å². The Morgan fingerprint density at radius 2 is 1.96 bits per heavy atom. The predicted octanol–water partition coefficient (Wildman–Crippen LogP) is 5.27. The normalized spacial score (nSPS) is 10.8. The molecule has 0 fully saturated rings. The van der Waals surface area contributed by atoms with Gasteiger partial charge in [-0.05, 0) is 48.4 Å². The highest BCUT2D eigenvalue weighted by Crippen LogP contribution is 2.37. The first-order chi connectivity index (χ1) is 11.6. The first kappa shape index (κ1) is 16.4. The van der Waals surface area contributed by atoms with Gasteiger partial charge in [-0.25, -0.2) is 4.79 Å². The van der Waals surface area contributed by atoms with Crippen molar-refractivity contribution in [2.45, 2.75) is 19.8 Å². The largest absolute Gasteiger partial charge is 0.497 e. The number of methoxy groups -OCH3 is 1. The molecule has 0 aliphatic carbocycles. The van der Waals surface area contributed by atoms with Crippen LogP contribution in [0.4, 0.5) is 0 Å².